The van der Waals surface area contributed by atoms with Gasteiger partial charge >= 0.3 is 0 Å². The Morgan fingerprint density at radius 1 is 1.60 bits per heavy atom. The van der Waals surface area contributed by atoms with Crippen LogP contribution in [0.5, 0.6) is 0 Å². The predicted octanol–water partition coefficient (Wildman–Crippen LogP) is 4.17. The van der Waals surface area contributed by atoms with Crippen LogP contribution in [0.2, 0.25) is 0 Å². The molecule has 0 saturated heterocycles. The number of hydrogen-bond acceptors (Lipinski definition) is 2. The van der Waals surface area contributed by atoms with Gasteiger partial charge in [0, 0.05) is 10.2 Å². The Balaban J connectivity index is 3.22. The fraction of sp³-hybridized carbons (Fsp3) is 0.364. The van der Waals surface area contributed by atoms with Gasteiger partial charge in [0.05, 0.1) is 0 Å². The van der Waals surface area contributed by atoms with Crippen molar-refractivity contribution in [2.24, 2.45) is 0 Å². The van der Waals surface area contributed by atoms with Gasteiger partial charge in [0.1, 0.15) is 5.38 Å². The Kier molecular flexibility index (Phi) is 5.16. The number of ketones is 1. The van der Waals surface area contributed by atoms with Crippen LogP contribution < -0.4 is 0 Å². The zero-order chi connectivity index (χ0) is 11.4. The topological polar surface area (TPSA) is 17.1 Å². The van der Waals surface area contributed by atoms with Crippen LogP contribution in [-0.2, 0) is 10.1 Å². The maximum Gasteiger partial charge on any atom is 0.152 e. The molecule has 0 fully saturated rings. The van der Waals surface area contributed by atoms with E-state index in [2.05, 4.69) is 15.9 Å². The Morgan fingerprint density at radius 2 is 2.27 bits per heavy atom. The SMILES string of the molecule is CSc1c(CBr)cccc1C(Cl)C(C)=O. The number of alkyl halides is 2. The molecule has 1 atom stereocenters. The number of Topliss-reactive ketones (excluding diaryl/α,β-unsaturated/α-hetero) is 1. The number of hydrogen-bond donors (Lipinski definition) is 0. The van der Waals surface area contributed by atoms with Gasteiger partial charge in [0.25, 0.3) is 0 Å². The van der Waals surface area contributed by atoms with Crippen LogP contribution in [0.25, 0.3) is 0 Å². The summed E-state index contributed by atoms with van der Waals surface area (Å²) in [5.74, 6) is -0.0151. The molecule has 0 spiro atoms. The summed E-state index contributed by atoms with van der Waals surface area (Å²) in [4.78, 5) is 12.4. The standard InChI is InChI=1S/C11H12BrClOS/c1-7(14)10(13)9-5-3-4-8(6-12)11(9)15-2/h3-5,10H,6H2,1-2H3. The third kappa shape index (κ3) is 2.99. The van der Waals surface area contributed by atoms with Crippen LogP contribution in [0.1, 0.15) is 23.4 Å². The molecule has 0 bridgehead atoms. The van der Waals surface area contributed by atoms with E-state index in [1.165, 1.54) is 12.5 Å². The van der Waals surface area contributed by atoms with Crippen molar-refractivity contribution < 1.29 is 4.79 Å². The summed E-state index contributed by atoms with van der Waals surface area (Å²) in [6, 6.07) is 5.88. The largest absolute Gasteiger partial charge is 0.298 e. The quantitative estimate of drug-likeness (QED) is 0.613. The lowest BCUT2D eigenvalue weighted by Crippen LogP contribution is -2.04. The molecule has 0 saturated carbocycles. The number of carbonyl (C=O) groups excluding carboxylic acids is 1. The fourth-order valence-corrected chi connectivity index (χ4v) is 3.10. The number of rotatable bonds is 4. The summed E-state index contributed by atoms with van der Waals surface area (Å²) in [5.41, 5.74) is 2.08. The number of thioether (sulfide) groups is 1. The highest BCUT2D eigenvalue weighted by molar-refractivity contribution is 9.08. The van der Waals surface area contributed by atoms with Crippen molar-refractivity contribution >= 4 is 45.1 Å². The highest BCUT2D eigenvalue weighted by atomic mass is 79.9. The molecule has 0 aromatic heterocycles. The van der Waals surface area contributed by atoms with E-state index in [1.807, 2.05) is 24.5 Å². The van der Waals surface area contributed by atoms with E-state index in [0.717, 1.165) is 15.8 Å². The monoisotopic (exact) mass is 306 g/mol. The Hall–Kier alpha value is 0.01000. The average Bonchev–Trinajstić information content (AvgIpc) is 2.26. The van der Waals surface area contributed by atoms with Crippen molar-refractivity contribution in [2.75, 3.05) is 6.26 Å². The first-order chi connectivity index (χ1) is 7.11. The molecule has 1 unspecified atom stereocenters. The van der Waals surface area contributed by atoms with Crippen LogP contribution in [0.3, 0.4) is 0 Å². The third-order valence-electron chi connectivity index (χ3n) is 2.11. The molecular formula is C11H12BrClOS. The number of carbonyl (C=O) groups is 1. The van der Waals surface area contributed by atoms with Crippen LogP contribution in [0, 0.1) is 0 Å². The number of benzene rings is 1. The number of halogens is 2. The van der Waals surface area contributed by atoms with E-state index < -0.39 is 5.38 Å². The van der Waals surface area contributed by atoms with Gasteiger partial charge in [-0.3, -0.25) is 4.79 Å². The van der Waals surface area contributed by atoms with Gasteiger partial charge in [-0.2, -0.15) is 0 Å². The van der Waals surface area contributed by atoms with Gasteiger partial charge in [-0.15, -0.1) is 23.4 Å². The molecule has 1 nitrogen and oxygen atoms in total. The van der Waals surface area contributed by atoms with Crippen molar-refractivity contribution in [3.8, 4) is 0 Å². The Morgan fingerprint density at radius 3 is 2.73 bits per heavy atom. The highest BCUT2D eigenvalue weighted by Gasteiger charge is 2.18. The van der Waals surface area contributed by atoms with Crippen LogP contribution in [0.4, 0.5) is 0 Å². The fourth-order valence-electron chi connectivity index (χ4n) is 1.38. The molecular weight excluding hydrogens is 296 g/mol. The molecule has 1 aromatic rings. The van der Waals surface area contributed by atoms with Crippen molar-refractivity contribution in [1.29, 1.82) is 0 Å². The van der Waals surface area contributed by atoms with Crippen molar-refractivity contribution in [3.63, 3.8) is 0 Å². The van der Waals surface area contributed by atoms with Crippen molar-refractivity contribution in [3.05, 3.63) is 29.3 Å². The molecule has 0 N–H and O–H groups in total. The molecule has 0 aliphatic heterocycles. The Labute approximate surface area is 108 Å². The highest BCUT2D eigenvalue weighted by Crippen LogP contribution is 2.34. The smallest absolute Gasteiger partial charge is 0.152 e. The second kappa shape index (κ2) is 5.92. The third-order valence-corrected chi connectivity index (χ3v) is 4.16. The maximum absolute atomic E-state index is 11.3. The van der Waals surface area contributed by atoms with Gasteiger partial charge in [-0.05, 0) is 24.3 Å². The summed E-state index contributed by atoms with van der Waals surface area (Å²) in [6.07, 6.45) is 1.99. The van der Waals surface area contributed by atoms with Gasteiger partial charge in [-0.25, -0.2) is 0 Å². The van der Waals surface area contributed by atoms with E-state index in [-0.39, 0.29) is 5.78 Å². The lowest BCUT2D eigenvalue weighted by Gasteiger charge is -2.13. The van der Waals surface area contributed by atoms with E-state index in [9.17, 15) is 4.79 Å². The minimum Gasteiger partial charge on any atom is -0.298 e. The molecule has 0 heterocycles. The summed E-state index contributed by atoms with van der Waals surface area (Å²) >= 11 is 11.1. The first kappa shape index (κ1) is 13.1. The zero-order valence-corrected chi connectivity index (χ0v) is 11.7. The van der Waals surface area contributed by atoms with Crippen molar-refractivity contribution in [2.45, 2.75) is 22.5 Å². The normalized spacial score (nSPS) is 12.5. The second-order valence-corrected chi connectivity index (χ2v) is 4.96. The van der Waals surface area contributed by atoms with E-state index in [1.54, 1.807) is 11.8 Å². The molecule has 15 heavy (non-hydrogen) atoms. The molecule has 0 amide bonds. The first-order valence-electron chi connectivity index (χ1n) is 4.48. The first-order valence-corrected chi connectivity index (χ1v) is 7.26. The molecule has 0 radical (unpaired) electrons. The summed E-state index contributed by atoms with van der Waals surface area (Å²) in [5, 5.41) is 0.241. The van der Waals surface area contributed by atoms with Crippen molar-refractivity contribution in [1.82, 2.24) is 0 Å². The lowest BCUT2D eigenvalue weighted by molar-refractivity contribution is -0.116. The van der Waals surface area contributed by atoms with Crippen LogP contribution in [0.15, 0.2) is 23.1 Å². The summed E-state index contributed by atoms with van der Waals surface area (Å²) < 4.78 is 0. The molecule has 1 aromatic carbocycles. The zero-order valence-electron chi connectivity index (χ0n) is 8.59. The van der Waals surface area contributed by atoms with Crippen LogP contribution >= 0.6 is 39.3 Å². The molecule has 0 aliphatic carbocycles. The molecule has 4 heteroatoms. The van der Waals surface area contributed by atoms with E-state index >= 15 is 0 Å². The van der Waals surface area contributed by atoms with Gasteiger partial charge in [0.2, 0.25) is 0 Å². The van der Waals surface area contributed by atoms with Crippen LogP contribution in [-0.4, -0.2) is 12.0 Å². The second-order valence-electron chi connectivity index (χ2n) is 3.15. The van der Waals surface area contributed by atoms with Gasteiger partial charge in [-0.1, -0.05) is 34.1 Å². The van der Waals surface area contributed by atoms with Gasteiger partial charge < -0.3 is 0 Å². The molecule has 1 rings (SSSR count). The maximum atomic E-state index is 11.3. The predicted molar refractivity (Wildman–Crippen MR) is 70.1 cm³/mol. The minimum atomic E-state index is -0.536. The lowest BCUT2D eigenvalue weighted by atomic mass is 10.1. The summed E-state index contributed by atoms with van der Waals surface area (Å²) in [6.45, 7) is 1.52. The van der Waals surface area contributed by atoms with Gasteiger partial charge in [0.15, 0.2) is 5.78 Å². The van der Waals surface area contributed by atoms with E-state index in [0.29, 0.717) is 0 Å². The average molecular weight is 308 g/mol. The minimum absolute atomic E-state index is 0.0151. The summed E-state index contributed by atoms with van der Waals surface area (Å²) in [7, 11) is 0. The van der Waals surface area contributed by atoms with E-state index in [4.69, 9.17) is 11.6 Å². The molecule has 82 valence electrons. The molecule has 0 aliphatic rings. The Bertz CT molecular complexity index is 368.